The lowest BCUT2D eigenvalue weighted by Gasteiger charge is -2.14. The van der Waals surface area contributed by atoms with E-state index in [4.69, 9.17) is 16.9 Å². The summed E-state index contributed by atoms with van der Waals surface area (Å²) in [5.74, 6) is 0.844. The Morgan fingerprint density at radius 3 is 2.88 bits per heavy atom. The van der Waals surface area contributed by atoms with Gasteiger partial charge in [0, 0.05) is 24.0 Å². The number of aromatic nitrogens is 3. The molecule has 3 aromatic rings. The molecule has 0 unspecified atom stereocenters. The molecule has 0 aliphatic carbocycles. The van der Waals surface area contributed by atoms with Gasteiger partial charge >= 0.3 is 0 Å². The molecular weight excluding hydrogens is 322 g/mol. The first-order valence-electron chi connectivity index (χ1n) is 7.57. The molecule has 2 heterocycles. The highest BCUT2D eigenvalue weighted by Gasteiger charge is 2.08. The van der Waals surface area contributed by atoms with Crippen molar-refractivity contribution in [2.24, 2.45) is 0 Å². The van der Waals surface area contributed by atoms with Gasteiger partial charge in [-0.05, 0) is 37.3 Å². The van der Waals surface area contributed by atoms with Crippen LogP contribution < -0.4 is 5.32 Å². The van der Waals surface area contributed by atoms with Gasteiger partial charge in [-0.1, -0.05) is 23.7 Å². The van der Waals surface area contributed by atoms with E-state index in [-0.39, 0.29) is 6.04 Å². The van der Waals surface area contributed by atoms with Crippen LogP contribution in [-0.4, -0.2) is 20.8 Å². The standard InChI is InChI=1S/C18H16ClN5/c1-13(22-18-4-2-3-8-21-18)12-24-9-7-17(23-24)14-5-6-15(11-20)16(19)10-14/h2-10,13H,12H2,1H3,(H,21,22)/t13-/m0/s1. The number of hydrogen-bond acceptors (Lipinski definition) is 4. The first kappa shape index (κ1) is 16.0. The maximum atomic E-state index is 8.94. The molecule has 0 radical (unpaired) electrons. The van der Waals surface area contributed by atoms with Crippen LogP contribution in [0.25, 0.3) is 11.3 Å². The SMILES string of the molecule is C[C@@H](Cn1ccc(-c2ccc(C#N)c(Cl)c2)n1)Nc1ccccn1. The number of halogens is 1. The average molecular weight is 338 g/mol. The van der Waals surface area contributed by atoms with Crippen LogP contribution in [-0.2, 0) is 6.54 Å². The Kier molecular flexibility index (Phi) is 4.78. The van der Waals surface area contributed by atoms with Crippen molar-refractivity contribution in [1.82, 2.24) is 14.8 Å². The second-order valence-corrected chi connectivity index (χ2v) is 5.90. The molecule has 1 atom stereocenters. The minimum absolute atomic E-state index is 0.178. The number of benzene rings is 1. The summed E-state index contributed by atoms with van der Waals surface area (Å²) in [5, 5.41) is 17.3. The first-order valence-corrected chi connectivity index (χ1v) is 7.94. The van der Waals surface area contributed by atoms with Gasteiger partial charge in [0.05, 0.1) is 22.8 Å². The third kappa shape index (κ3) is 3.73. The van der Waals surface area contributed by atoms with Gasteiger partial charge in [0.15, 0.2) is 0 Å². The molecule has 6 heteroatoms. The summed E-state index contributed by atoms with van der Waals surface area (Å²) in [6.07, 6.45) is 3.69. The molecule has 0 bridgehead atoms. The van der Waals surface area contributed by atoms with Crippen LogP contribution in [0, 0.1) is 11.3 Å². The smallest absolute Gasteiger partial charge is 0.126 e. The van der Waals surface area contributed by atoms with Crippen molar-refractivity contribution in [3.05, 3.63) is 65.4 Å². The van der Waals surface area contributed by atoms with Crippen molar-refractivity contribution in [3.8, 4) is 17.3 Å². The Balaban J connectivity index is 1.69. The Labute approximate surface area is 145 Å². The first-order chi connectivity index (χ1) is 11.7. The minimum atomic E-state index is 0.178. The molecular formula is C18H16ClN5. The van der Waals surface area contributed by atoms with Crippen LogP contribution in [0.2, 0.25) is 5.02 Å². The summed E-state index contributed by atoms with van der Waals surface area (Å²) in [6.45, 7) is 2.79. The number of nitriles is 1. The maximum Gasteiger partial charge on any atom is 0.126 e. The largest absolute Gasteiger partial charge is 0.366 e. The van der Waals surface area contributed by atoms with Crippen molar-refractivity contribution in [3.63, 3.8) is 0 Å². The van der Waals surface area contributed by atoms with E-state index >= 15 is 0 Å². The van der Waals surface area contributed by atoms with Crippen LogP contribution in [0.3, 0.4) is 0 Å². The van der Waals surface area contributed by atoms with Gasteiger partial charge in [-0.3, -0.25) is 4.68 Å². The Morgan fingerprint density at radius 1 is 1.29 bits per heavy atom. The van der Waals surface area contributed by atoms with Crippen molar-refractivity contribution in [1.29, 1.82) is 5.26 Å². The fraction of sp³-hybridized carbons (Fsp3) is 0.167. The molecule has 0 aliphatic rings. The predicted octanol–water partition coefficient (Wildman–Crippen LogP) is 3.97. The fourth-order valence-electron chi connectivity index (χ4n) is 2.41. The molecule has 0 aliphatic heterocycles. The maximum absolute atomic E-state index is 8.94. The van der Waals surface area contributed by atoms with E-state index in [9.17, 15) is 0 Å². The topological polar surface area (TPSA) is 66.5 Å². The van der Waals surface area contributed by atoms with Crippen molar-refractivity contribution >= 4 is 17.4 Å². The van der Waals surface area contributed by atoms with E-state index in [0.717, 1.165) is 17.1 Å². The fourth-order valence-corrected chi connectivity index (χ4v) is 2.63. The van der Waals surface area contributed by atoms with Gasteiger partial charge in [-0.2, -0.15) is 10.4 Å². The van der Waals surface area contributed by atoms with Crippen LogP contribution in [0.1, 0.15) is 12.5 Å². The van der Waals surface area contributed by atoms with Crippen LogP contribution in [0.5, 0.6) is 0 Å². The summed E-state index contributed by atoms with van der Waals surface area (Å²) < 4.78 is 1.88. The lowest BCUT2D eigenvalue weighted by atomic mass is 10.1. The van der Waals surface area contributed by atoms with Crippen LogP contribution >= 0.6 is 11.6 Å². The van der Waals surface area contributed by atoms with E-state index in [1.807, 2.05) is 41.2 Å². The number of hydrogen-bond donors (Lipinski definition) is 1. The van der Waals surface area contributed by atoms with Crippen LogP contribution in [0.4, 0.5) is 5.82 Å². The second-order valence-electron chi connectivity index (χ2n) is 5.49. The van der Waals surface area contributed by atoms with E-state index < -0.39 is 0 Å². The third-order valence-electron chi connectivity index (χ3n) is 3.55. The molecule has 0 amide bonds. The Morgan fingerprint density at radius 2 is 2.17 bits per heavy atom. The van der Waals surface area contributed by atoms with Crippen molar-refractivity contribution in [2.45, 2.75) is 19.5 Å². The number of rotatable bonds is 5. The molecule has 0 spiro atoms. The van der Waals surface area contributed by atoms with Gasteiger partial charge < -0.3 is 5.32 Å². The molecule has 1 aromatic carbocycles. The molecule has 0 saturated heterocycles. The summed E-state index contributed by atoms with van der Waals surface area (Å²) in [6, 6.07) is 15.3. The number of nitrogens with one attached hydrogen (secondary N) is 1. The molecule has 2 aromatic heterocycles. The lowest BCUT2D eigenvalue weighted by molar-refractivity contribution is 0.561. The lowest BCUT2D eigenvalue weighted by Crippen LogP contribution is -2.22. The molecule has 1 N–H and O–H groups in total. The van der Waals surface area contributed by atoms with Gasteiger partial charge in [0.1, 0.15) is 11.9 Å². The van der Waals surface area contributed by atoms with Crippen LogP contribution in [0.15, 0.2) is 54.9 Å². The molecule has 3 rings (SSSR count). The van der Waals surface area contributed by atoms with E-state index in [2.05, 4.69) is 28.4 Å². The summed E-state index contributed by atoms with van der Waals surface area (Å²) in [4.78, 5) is 4.26. The molecule has 5 nitrogen and oxygen atoms in total. The average Bonchev–Trinajstić information content (AvgIpc) is 3.04. The minimum Gasteiger partial charge on any atom is -0.366 e. The van der Waals surface area contributed by atoms with E-state index in [1.165, 1.54) is 0 Å². The zero-order valence-electron chi connectivity index (χ0n) is 13.1. The molecule has 0 fully saturated rings. The monoisotopic (exact) mass is 337 g/mol. The Bertz CT molecular complexity index is 867. The third-order valence-corrected chi connectivity index (χ3v) is 3.86. The molecule has 120 valence electrons. The predicted molar refractivity (Wildman–Crippen MR) is 94.7 cm³/mol. The van der Waals surface area contributed by atoms with Crippen molar-refractivity contribution in [2.75, 3.05) is 5.32 Å². The summed E-state index contributed by atoms with van der Waals surface area (Å²) >= 11 is 6.09. The number of pyridine rings is 1. The van der Waals surface area contributed by atoms with E-state index in [0.29, 0.717) is 17.1 Å². The Hall–Kier alpha value is -2.84. The normalized spacial score (nSPS) is 11.7. The summed E-state index contributed by atoms with van der Waals surface area (Å²) in [5.41, 5.74) is 2.18. The van der Waals surface area contributed by atoms with Gasteiger partial charge in [0.25, 0.3) is 0 Å². The van der Waals surface area contributed by atoms with E-state index in [1.54, 1.807) is 18.3 Å². The number of anilines is 1. The van der Waals surface area contributed by atoms with Crippen molar-refractivity contribution < 1.29 is 0 Å². The van der Waals surface area contributed by atoms with Gasteiger partial charge in [-0.15, -0.1) is 0 Å². The quantitative estimate of drug-likeness (QED) is 0.765. The zero-order valence-corrected chi connectivity index (χ0v) is 13.9. The van der Waals surface area contributed by atoms with Gasteiger partial charge in [-0.25, -0.2) is 4.98 Å². The highest BCUT2D eigenvalue weighted by molar-refractivity contribution is 6.32. The highest BCUT2D eigenvalue weighted by atomic mass is 35.5. The summed E-state index contributed by atoms with van der Waals surface area (Å²) in [7, 11) is 0. The molecule has 0 saturated carbocycles. The molecule has 24 heavy (non-hydrogen) atoms. The second kappa shape index (κ2) is 7.16. The zero-order chi connectivity index (χ0) is 16.9. The highest BCUT2D eigenvalue weighted by Crippen LogP contribution is 2.24. The number of nitrogens with zero attached hydrogens (tertiary/aromatic N) is 4. The van der Waals surface area contributed by atoms with Gasteiger partial charge in [0.2, 0.25) is 0 Å².